The summed E-state index contributed by atoms with van der Waals surface area (Å²) in [4.78, 5) is 0. The SMILES string of the molecule is C1=CC1.C=C=C.C=CC(F)(F)F. The third-order valence-electron chi connectivity index (χ3n) is 0.467. The van der Waals surface area contributed by atoms with Gasteiger partial charge < -0.3 is 0 Å². The molecule has 0 atom stereocenters. The molecular weight excluding hydrogens is 165 g/mol. The summed E-state index contributed by atoms with van der Waals surface area (Å²) in [5.41, 5.74) is 2.25. The number of hydrogen-bond donors (Lipinski definition) is 0. The Labute approximate surface area is 70.4 Å². The Kier molecular flexibility index (Phi) is 8.80. The zero-order valence-electron chi connectivity index (χ0n) is 6.69. The molecule has 0 radical (unpaired) electrons. The Morgan fingerprint density at radius 3 is 1.42 bits per heavy atom. The molecule has 68 valence electrons. The highest BCUT2D eigenvalue weighted by Gasteiger charge is 2.19. The summed E-state index contributed by atoms with van der Waals surface area (Å²) < 4.78 is 32.0. The van der Waals surface area contributed by atoms with Crippen LogP contribution < -0.4 is 0 Å². The molecule has 0 heterocycles. The van der Waals surface area contributed by atoms with Crippen molar-refractivity contribution in [3.05, 3.63) is 43.7 Å². The molecule has 0 nitrogen and oxygen atoms in total. The van der Waals surface area contributed by atoms with Gasteiger partial charge in [0.1, 0.15) is 0 Å². The summed E-state index contributed by atoms with van der Waals surface area (Å²) in [5.74, 6) is 0. The third-order valence-corrected chi connectivity index (χ3v) is 0.467. The second-order valence-electron chi connectivity index (χ2n) is 1.70. The summed E-state index contributed by atoms with van der Waals surface area (Å²) in [5, 5.41) is 0. The predicted octanol–water partition coefficient (Wildman–Crippen LogP) is 3.64. The zero-order valence-corrected chi connectivity index (χ0v) is 6.69. The first kappa shape index (κ1) is 13.4. The van der Waals surface area contributed by atoms with Gasteiger partial charge in [0.25, 0.3) is 0 Å². The predicted molar refractivity (Wildman–Crippen MR) is 44.8 cm³/mol. The van der Waals surface area contributed by atoms with Crippen LogP contribution in [0.15, 0.2) is 43.7 Å². The molecule has 0 aliphatic heterocycles. The summed E-state index contributed by atoms with van der Waals surface area (Å²) in [6, 6.07) is 0. The van der Waals surface area contributed by atoms with Crippen molar-refractivity contribution in [2.45, 2.75) is 12.6 Å². The molecule has 3 heteroatoms. The maximum atomic E-state index is 10.7. The number of halogens is 3. The molecule has 0 saturated heterocycles. The van der Waals surface area contributed by atoms with Gasteiger partial charge in [-0.15, -0.1) is 5.73 Å². The van der Waals surface area contributed by atoms with Crippen LogP contribution in [0.4, 0.5) is 13.2 Å². The standard InChI is InChI=1S/C3H3F3.2C3H4/c1-2-3(4,5)6;1-2-3-1;1-3-2/h2H,1H2;1-2H,3H2;1-2H2. The van der Waals surface area contributed by atoms with Crippen molar-refractivity contribution in [3.63, 3.8) is 0 Å². The van der Waals surface area contributed by atoms with Crippen LogP contribution in [0.2, 0.25) is 0 Å². The maximum Gasteiger partial charge on any atom is 0.409 e. The molecule has 0 bridgehead atoms. The van der Waals surface area contributed by atoms with Crippen molar-refractivity contribution in [3.8, 4) is 0 Å². The number of alkyl halides is 3. The van der Waals surface area contributed by atoms with Crippen molar-refractivity contribution in [1.29, 1.82) is 0 Å². The van der Waals surface area contributed by atoms with Crippen LogP contribution in [-0.4, -0.2) is 6.18 Å². The highest BCUT2D eigenvalue weighted by atomic mass is 19.4. The Morgan fingerprint density at radius 1 is 1.25 bits per heavy atom. The minimum atomic E-state index is -4.19. The Balaban J connectivity index is 0. The Bertz CT molecular complexity index is 165. The van der Waals surface area contributed by atoms with Gasteiger partial charge in [-0.25, -0.2) is 0 Å². The molecule has 0 fully saturated rings. The molecule has 12 heavy (non-hydrogen) atoms. The van der Waals surface area contributed by atoms with Crippen molar-refractivity contribution in [2.75, 3.05) is 0 Å². The van der Waals surface area contributed by atoms with Gasteiger partial charge in [-0.05, 0) is 6.42 Å². The first-order chi connectivity index (χ1) is 5.47. The van der Waals surface area contributed by atoms with Gasteiger partial charge in [-0.2, -0.15) is 13.2 Å². The molecule has 0 aromatic heterocycles. The molecule has 0 unspecified atom stereocenters. The summed E-state index contributed by atoms with van der Waals surface area (Å²) >= 11 is 0. The average molecular weight is 176 g/mol. The number of hydrogen-bond acceptors (Lipinski definition) is 0. The fourth-order valence-electron chi connectivity index (χ4n) is 0. The quantitative estimate of drug-likeness (QED) is 0.390. The van der Waals surface area contributed by atoms with E-state index in [-0.39, 0.29) is 6.08 Å². The molecule has 1 aliphatic carbocycles. The molecule has 1 rings (SSSR count). The third kappa shape index (κ3) is 68.5. The summed E-state index contributed by atoms with van der Waals surface area (Å²) in [6.07, 6.45) is 1.24. The lowest BCUT2D eigenvalue weighted by Crippen LogP contribution is -1.98. The van der Waals surface area contributed by atoms with E-state index in [0.717, 1.165) is 0 Å². The van der Waals surface area contributed by atoms with E-state index in [4.69, 9.17) is 0 Å². The lowest BCUT2D eigenvalue weighted by Gasteiger charge is -1.91. The van der Waals surface area contributed by atoms with Crippen LogP contribution in [-0.2, 0) is 0 Å². The van der Waals surface area contributed by atoms with E-state index in [1.807, 2.05) is 0 Å². The Morgan fingerprint density at radius 2 is 1.42 bits per heavy atom. The van der Waals surface area contributed by atoms with Gasteiger partial charge in [0, 0.05) is 6.08 Å². The van der Waals surface area contributed by atoms with Gasteiger partial charge >= 0.3 is 6.18 Å². The first-order valence-corrected chi connectivity index (χ1v) is 3.12. The molecule has 0 N–H and O–H groups in total. The van der Waals surface area contributed by atoms with Crippen LogP contribution in [0.5, 0.6) is 0 Å². The molecule has 0 saturated carbocycles. The minimum absolute atomic E-state index is 0.0625. The van der Waals surface area contributed by atoms with Gasteiger partial charge in [0.2, 0.25) is 0 Å². The lowest BCUT2D eigenvalue weighted by molar-refractivity contribution is -0.0795. The van der Waals surface area contributed by atoms with E-state index >= 15 is 0 Å². The van der Waals surface area contributed by atoms with E-state index in [1.165, 1.54) is 6.42 Å². The van der Waals surface area contributed by atoms with E-state index in [2.05, 4.69) is 37.6 Å². The zero-order chi connectivity index (χ0) is 10.0. The highest BCUT2D eigenvalue weighted by molar-refractivity contribution is 5.02. The topological polar surface area (TPSA) is 0 Å². The highest BCUT2D eigenvalue weighted by Crippen LogP contribution is 2.13. The summed E-state index contributed by atoms with van der Waals surface area (Å²) in [7, 11) is 0. The van der Waals surface area contributed by atoms with Gasteiger partial charge in [-0.1, -0.05) is 31.9 Å². The maximum absolute atomic E-state index is 10.7. The first-order valence-electron chi connectivity index (χ1n) is 3.12. The number of rotatable bonds is 0. The van der Waals surface area contributed by atoms with Crippen LogP contribution in [0.1, 0.15) is 6.42 Å². The second-order valence-corrected chi connectivity index (χ2v) is 1.70. The van der Waals surface area contributed by atoms with E-state index < -0.39 is 6.18 Å². The van der Waals surface area contributed by atoms with Gasteiger partial charge in [0.15, 0.2) is 0 Å². The number of allylic oxidation sites excluding steroid dienone is 3. The van der Waals surface area contributed by atoms with Gasteiger partial charge in [0.05, 0.1) is 0 Å². The van der Waals surface area contributed by atoms with Gasteiger partial charge in [-0.3, -0.25) is 0 Å². The van der Waals surface area contributed by atoms with Crippen LogP contribution in [0.25, 0.3) is 0 Å². The molecule has 0 aromatic carbocycles. The summed E-state index contributed by atoms with van der Waals surface area (Å²) in [6.45, 7) is 8.76. The van der Waals surface area contributed by atoms with E-state index in [1.54, 1.807) is 0 Å². The largest absolute Gasteiger partial charge is 0.409 e. The van der Waals surface area contributed by atoms with Crippen LogP contribution in [0.3, 0.4) is 0 Å². The molecular formula is C9H11F3. The molecule has 0 spiro atoms. The lowest BCUT2D eigenvalue weighted by atomic mass is 10.6. The normalized spacial score (nSPS) is 10.9. The second kappa shape index (κ2) is 7.89. The Hall–Kier alpha value is -1.21. The average Bonchev–Trinajstić information content (AvgIpc) is 2.72. The molecule has 0 amide bonds. The molecule has 1 aliphatic rings. The van der Waals surface area contributed by atoms with Crippen molar-refractivity contribution in [1.82, 2.24) is 0 Å². The van der Waals surface area contributed by atoms with Crippen LogP contribution in [0, 0.1) is 0 Å². The van der Waals surface area contributed by atoms with Crippen molar-refractivity contribution in [2.24, 2.45) is 0 Å². The minimum Gasteiger partial charge on any atom is -0.167 e. The smallest absolute Gasteiger partial charge is 0.167 e. The molecule has 0 aromatic rings. The monoisotopic (exact) mass is 176 g/mol. The fraction of sp³-hybridized carbons (Fsp3) is 0.222. The van der Waals surface area contributed by atoms with Crippen LogP contribution >= 0.6 is 0 Å². The fourth-order valence-corrected chi connectivity index (χ4v) is 0. The van der Waals surface area contributed by atoms with Crippen molar-refractivity contribution >= 4 is 0 Å². The van der Waals surface area contributed by atoms with Crippen molar-refractivity contribution < 1.29 is 13.2 Å². The van der Waals surface area contributed by atoms with E-state index in [9.17, 15) is 13.2 Å². The van der Waals surface area contributed by atoms with E-state index in [0.29, 0.717) is 0 Å².